The second kappa shape index (κ2) is 2.96. The van der Waals surface area contributed by atoms with Crippen molar-refractivity contribution >= 4 is 17.2 Å². The van der Waals surface area contributed by atoms with Gasteiger partial charge in [-0.1, -0.05) is 5.16 Å². The van der Waals surface area contributed by atoms with Gasteiger partial charge in [0.2, 0.25) is 0 Å². The Morgan fingerprint density at radius 2 is 2.00 bits per heavy atom. The van der Waals surface area contributed by atoms with Crippen molar-refractivity contribution < 1.29 is 10.0 Å². The maximum absolute atomic E-state index is 10.3. The highest BCUT2D eigenvalue weighted by molar-refractivity contribution is 6.65. The number of rotatable bonds is 2. The average Bonchev–Trinajstić information content (AvgIpc) is 1.84. The van der Waals surface area contributed by atoms with Gasteiger partial charge in [-0.2, -0.15) is 0 Å². The monoisotopic (exact) mass is 128 g/mol. The van der Waals surface area contributed by atoms with Crippen LogP contribution in [-0.4, -0.2) is 22.4 Å². The Kier molecular flexibility index (Phi) is 2.57. The molecule has 0 radical (unpaired) electrons. The minimum atomic E-state index is -0.398. The molecule has 0 unspecified atom stereocenters. The summed E-state index contributed by atoms with van der Waals surface area (Å²) in [5, 5.41) is 17.6. The number of carbonyl (C=O) groups excluding carboxylic acids is 1. The molecule has 0 rings (SSSR count). The molecule has 4 heteroatoms. The van der Waals surface area contributed by atoms with E-state index in [4.69, 9.17) is 10.6 Å². The molecule has 0 aromatic heterocycles. The van der Waals surface area contributed by atoms with E-state index >= 15 is 0 Å². The smallest absolute Gasteiger partial charge is 0.179 e. The molecule has 0 saturated heterocycles. The first-order valence-corrected chi connectivity index (χ1v) is 2.38. The molecule has 0 aliphatic rings. The Morgan fingerprint density at radius 3 is 2.11 bits per heavy atom. The molecule has 0 atom stereocenters. The van der Waals surface area contributed by atoms with Gasteiger partial charge in [0.25, 0.3) is 0 Å². The van der Waals surface area contributed by atoms with Gasteiger partial charge in [-0.25, -0.2) is 0 Å². The highest BCUT2D eigenvalue weighted by atomic mass is 16.4. The second-order valence-corrected chi connectivity index (χ2v) is 1.62. The van der Waals surface area contributed by atoms with E-state index in [9.17, 15) is 4.79 Å². The van der Waals surface area contributed by atoms with Gasteiger partial charge in [0.1, 0.15) is 11.4 Å². The number of hydrogen-bond donors (Lipinski definition) is 2. The first-order valence-electron chi connectivity index (χ1n) is 2.38. The van der Waals surface area contributed by atoms with E-state index in [0.29, 0.717) is 0 Å². The fourth-order valence-electron chi connectivity index (χ4n) is 0.305. The van der Waals surface area contributed by atoms with Crippen LogP contribution >= 0.6 is 0 Å². The third-order valence-electron chi connectivity index (χ3n) is 0.864. The number of ketones is 1. The number of oxime groups is 1. The van der Waals surface area contributed by atoms with E-state index in [1.807, 2.05) is 0 Å². The first-order chi connectivity index (χ1) is 4.09. The zero-order valence-corrected chi connectivity index (χ0v) is 5.30. The summed E-state index contributed by atoms with van der Waals surface area (Å²) < 4.78 is 0. The topological polar surface area (TPSA) is 73.5 Å². The lowest BCUT2D eigenvalue weighted by molar-refractivity contribution is -0.110. The summed E-state index contributed by atoms with van der Waals surface area (Å²) in [6, 6.07) is 0. The van der Waals surface area contributed by atoms with E-state index in [0.717, 1.165) is 0 Å². The van der Waals surface area contributed by atoms with Crippen LogP contribution in [0.3, 0.4) is 0 Å². The molecule has 0 aliphatic carbocycles. The Labute approximate surface area is 52.7 Å². The van der Waals surface area contributed by atoms with Crippen LogP contribution in [0.1, 0.15) is 13.8 Å². The molecular formula is C5H8N2O2. The van der Waals surface area contributed by atoms with Gasteiger partial charge in [-0.15, -0.1) is 0 Å². The van der Waals surface area contributed by atoms with Crippen molar-refractivity contribution in [1.29, 1.82) is 5.41 Å². The van der Waals surface area contributed by atoms with Crippen molar-refractivity contribution in [3.63, 3.8) is 0 Å². The van der Waals surface area contributed by atoms with Crippen LogP contribution in [-0.2, 0) is 4.79 Å². The molecule has 0 aromatic carbocycles. The Hall–Kier alpha value is -1.19. The summed E-state index contributed by atoms with van der Waals surface area (Å²) in [5.74, 6) is -0.398. The third kappa shape index (κ3) is 2.03. The van der Waals surface area contributed by atoms with Crippen molar-refractivity contribution in [1.82, 2.24) is 0 Å². The number of nitrogens with zero attached hydrogens (tertiary/aromatic N) is 1. The number of carbonyl (C=O) groups is 1. The SMILES string of the molecule is CC(=O)C(=N)C(C)=NO. The molecule has 0 spiro atoms. The molecule has 0 fully saturated rings. The molecule has 9 heavy (non-hydrogen) atoms. The minimum absolute atomic E-state index is 0.0440. The largest absolute Gasteiger partial charge is 0.411 e. The number of nitrogens with one attached hydrogen (secondary N) is 1. The summed E-state index contributed by atoms with van der Waals surface area (Å²) in [5.41, 5.74) is -0.208. The van der Waals surface area contributed by atoms with Gasteiger partial charge in [0, 0.05) is 6.92 Å². The quantitative estimate of drug-likeness (QED) is 0.322. The Morgan fingerprint density at radius 1 is 1.56 bits per heavy atom. The Balaban J connectivity index is 4.23. The predicted octanol–water partition coefficient (Wildman–Crippen LogP) is 0.445. The average molecular weight is 128 g/mol. The summed E-state index contributed by atoms with van der Waals surface area (Å²) in [6.07, 6.45) is 0. The van der Waals surface area contributed by atoms with Crippen molar-refractivity contribution in [2.45, 2.75) is 13.8 Å². The fourth-order valence-corrected chi connectivity index (χ4v) is 0.305. The molecule has 0 saturated carbocycles. The molecule has 0 aliphatic heterocycles. The summed E-state index contributed by atoms with van der Waals surface area (Å²) in [7, 11) is 0. The van der Waals surface area contributed by atoms with Gasteiger partial charge in [0.15, 0.2) is 5.78 Å². The van der Waals surface area contributed by atoms with Gasteiger partial charge >= 0.3 is 0 Å². The summed E-state index contributed by atoms with van der Waals surface area (Å²) in [6.45, 7) is 2.64. The minimum Gasteiger partial charge on any atom is -0.411 e. The normalized spacial score (nSPS) is 11.1. The van der Waals surface area contributed by atoms with Crippen LogP contribution in [0.4, 0.5) is 0 Å². The van der Waals surface area contributed by atoms with Crippen LogP contribution < -0.4 is 0 Å². The molecule has 2 N–H and O–H groups in total. The van der Waals surface area contributed by atoms with Gasteiger partial charge in [-0.3, -0.25) is 10.2 Å². The van der Waals surface area contributed by atoms with E-state index in [2.05, 4.69) is 5.16 Å². The van der Waals surface area contributed by atoms with Crippen LogP contribution in [0.25, 0.3) is 0 Å². The van der Waals surface area contributed by atoms with Crippen molar-refractivity contribution in [2.75, 3.05) is 0 Å². The van der Waals surface area contributed by atoms with Crippen LogP contribution in [0.15, 0.2) is 5.16 Å². The lowest BCUT2D eigenvalue weighted by Crippen LogP contribution is -2.17. The van der Waals surface area contributed by atoms with Crippen LogP contribution in [0.5, 0.6) is 0 Å². The van der Waals surface area contributed by atoms with E-state index in [1.54, 1.807) is 0 Å². The predicted molar refractivity (Wildman–Crippen MR) is 33.3 cm³/mol. The molecule has 0 aromatic rings. The summed E-state index contributed by atoms with van der Waals surface area (Å²) in [4.78, 5) is 10.3. The van der Waals surface area contributed by atoms with Gasteiger partial charge < -0.3 is 5.21 Å². The second-order valence-electron chi connectivity index (χ2n) is 1.62. The lowest BCUT2D eigenvalue weighted by Gasteiger charge is -1.92. The highest BCUT2D eigenvalue weighted by Crippen LogP contribution is 1.80. The Bertz CT molecular complexity index is 172. The number of Topliss-reactive ketones (excluding diaryl/α,β-unsaturated/α-hetero) is 1. The number of hydrogen-bond acceptors (Lipinski definition) is 4. The van der Waals surface area contributed by atoms with E-state index < -0.39 is 5.78 Å². The van der Waals surface area contributed by atoms with Crippen molar-refractivity contribution in [3.05, 3.63) is 0 Å². The third-order valence-corrected chi connectivity index (χ3v) is 0.864. The van der Waals surface area contributed by atoms with Gasteiger partial charge in [0.05, 0.1) is 0 Å². The van der Waals surface area contributed by atoms with E-state index in [-0.39, 0.29) is 11.4 Å². The van der Waals surface area contributed by atoms with Gasteiger partial charge in [-0.05, 0) is 6.92 Å². The molecule has 0 bridgehead atoms. The fraction of sp³-hybridized carbons (Fsp3) is 0.400. The lowest BCUT2D eigenvalue weighted by atomic mass is 10.2. The zero-order valence-electron chi connectivity index (χ0n) is 5.30. The molecule has 0 amide bonds. The maximum Gasteiger partial charge on any atom is 0.179 e. The standard InChI is InChI=1S/C5H8N2O2/c1-3(7-9)5(6)4(2)8/h6,9H,1-2H3. The molecular weight excluding hydrogens is 120 g/mol. The first kappa shape index (κ1) is 7.81. The van der Waals surface area contributed by atoms with E-state index in [1.165, 1.54) is 13.8 Å². The molecule has 0 heterocycles. The van der Waals surface area contributed by atoms with Crippen LogP contribution in [0, 0.1) is 5.41 Å². The van der Waals surface area contributed by atoms with Crippen LogP contribution in [0.2, 0.25) is 0 Å². The highest BCUT2D eigenvalue weighted by Gasteiger charge is 2.05. The van der Waals surface area contributed by atoms with Crippen molar-refractivity contribution in [3.8, 4) is 0 Å². The zero-order chi connectivity index (χ0) is 7.44. The molecule has 50 valence electrons. The molecule has 4 nitrogen and oxygen atoms in total. The summed E-state index contributed by atoms with van der Waals surface area (Å²) >= 11 is 0. The maximum atomic E-state index is 10.3. The van der Waals surface area contributed by atoms with Crippen molar-refractivity contribution in [2.24, 2.45) is 5.16 Å².